The van der Waals surface area contributed by atoms with Gasteiger partial charge in [0.15, 0.2) is 17.2 Å². The lowest BCUT2D eigenvalue weighted by Crippen LogP contribution is -2.70. The van der Waals surface area contributed by atoms with Crippen molar-refractivity contribution in [3.8, 4) is 5.75 Å². The SMILES string of the molecule is C[C@H]1c2cc(Cl)c(CC(=O)CCl)c(O)c2C(O)=C2C(=O)[C@]3(O)C(O)=C(C(N)=O)C(=O)[C@H](N(C)C)[C@@H]3[C@@H](O)[C@@H]21. The van der Waals surface area contributed by atoms with E-state index in [1.54, 1.807) is 6.92 Å². The lowest BCUT2D eigenvalue weighted by molar-refractivity contribution is -0.169. The number of amides is 1. The van der Waals surface area contributed by atoms with Gasteiger partial charge in [-0.1, -0.05) is 18.5 Å². The van der Waals surface area contributed by atoms with E-state index in [9.17, 15) is 44.7 Å². The maximum absolute atomic E-state index is 13.9. The number of aliphatic hydroxyl groups excluding tert-OH is 3. The second-order valence-corrected chi connectivity index (χ2v) is 10.7. The second-order valence-electron chi connectivity index (χ2n) is 10.0. The van der Waals surface area contributed by atoms with Crippen molar-refractivity contribution in [2.75, 3.05) is 20.0 Å². The standard InChI is InChI=1S/C25H26Cl2N2O9/c1-7-9-5-11(27)10(4-8(30)6-26)18(31)13(9)19(32)14-12(7)20(33)16-17(29(2)3)21(34)15(24(28)37)23(36)25(16,38)22(14)35/h5,7,12,16-17,20,31-33,36,38H,4,6H2,1-3H3,(H2,28,37)/t7-,12+,16+,17+,20-,25-/m0/s1. The van der Waals surface area contributed by atoms with Crippen LogP contribution in [0, 0.1) is 11.8 Å². The molecule has 0 heterocycles. The number of phenolic OH excluding ortho intramolecular Hbond substituents is 1. The number of primary amides is 1. The normalized spacial score (nSPS) is 30.8. The lowest BCUT2D eigenvalue weighted by Gasteiger charge is -2.53. The van der Waals surface area contributed by atoms with Crippen molar-refractivity contribution >= 4 is 52.2 Å². The molecule has 11 nitrogen and oxygen atoms in total. The number of aromatic hydroxyl groups is 1. The average molecular weight is 569 g/mol. The van der Waals surface area contributed by atoms with Gasteiger partial charge < -0.3 is 31.3 Å². The van der Waals surface area contributed by atoms with Crippen LogP contribution in [0.2, 0.25) is 5.02 Å². The van der Waals surface area contributed by atoms with E-state index in [1.165, 1.54) is 25.1 Å². The highest BCUT2D eigenvalue weighted by Gasteiger charge is 2.68. The number of phenols is 1. The van der Waals surface area contributed by atoms with Crippen molar-refractivity contribution in [1.82, 2.24) is 4.90 Å². The molecule has 1 aromatic rings. The number of likely N-dealkylation sites (N-methyl/N-ethyl adjacent to an activating group) is 1. The maximum Gasteiger partial charge on any atom is 0.255 e. The first-order chi connectivity index (χ1) is 17.6. The minimum Gasteiger partial charge on any atom is -0.508 e. The molecule has 0 aliphatic heterocycles. The zero-order chi connectivity index (χ0) is 28.6. The van der Waals surface area contributed by atoms with E-state index in [4.69, 9.17) is 28.9 Å². The van der Waals surface area contributed by atoms with Crippen molar-refractivity contribution in [1.29, 1.82) is 0 Å². The number of nitrogens with zero attached hydrogens (tertiary/aromatic N) is 1. The summed E-state index contributed by atoms with van der Waals surface area (Å²) in [5.74, 6) is -10.9. The molecule has 0 bridgehead atoms. The lowest BCUT2D eigenvalue weighted by atomic mass is 9.54. The fourth-order valence-electron chi connectivity index (χ4n) is 6.10. The Kier molecular flexibility index (Phi) is 6.90. The number of aliphatic hydroxyl groups is 4. The number of ketones is 3. The second kappa shape index (κ2) is 9.35. The van der Waals surface area contributed by atoms with Gasteiger partial charge in [0, 0.05) is 28.5 Å². The Hall–Kier alpha value is -2.96. The summed E-state index contributed by atoms with van der Waals surface area (Å²) < 4.78 is 0. The number of carbonyl (C=O) groups is 4. The van der Waals surface area contributed by atoms with Crippen LogP contribution in [-0.4, -0.2) is 91.4 Å². The van der Waals surface area contributed by atoms with Crippen LogP contribution < -0.4 is 5.73 Å². The highest BCUT2D eigenvalue weighted by atomic mass is 35.5. The molecular weight excluding hydrogens is 543 g/mol. The molecule has 0 radical (unpaired) electrons. The summed E-state index contributed by atoms with van der Waals surface area (Å²) in [5, 5.41) is 56.4. The summed E-state index contributed by atoms with van der Waals surface area (Å²) in [4.78, 5) is 52.4. The Morgan fingerprint density at radius 1 is 1.18 bits per heavy atom. The Bertz CT molecular complexity index is 1370. The number of benzene rings is 1. The first-order valence-corrected chi connectivity index (χ1v) is 12.5. The van der Waals surface area contributed by atoms with Crippen LogP contribution in [0.15, 0.2) is 23.0 Å². The zero-order valence-electron chi connectivity index (χ0n) is 20.5. The van der Waals surface area contributed by atoms with Crippen LogP contribution in [0.3, 0.4) is 0 Å². The van der Waals surface area contributed by atoms with Crippen LogP contribution in [0.5, 0.6) is 5.75 Å². The highest BCUT2D eigenvalue weighted by Crippen LogP contribution is 2.56. The van der Waals surface area contributed by atoms with E-state index in [-0.39, 0.29) is 34.0 Å². The minimum absolute atomic E-state index is 0.0124. The number of Topliss-reactive ketones (excluding diaryl/α,β-unsaturated/α-hetero) is 3. The molecule has 1 aromatic carbocycles. The molecule has 13 heteroatoms. The molecule has 204 valence electrons. The van der Waals surface area contributed by atoms with E-state index >= 15 is 0 Å². The fourth-order valence-corrected chi connectivity index (χ4v) is 6.47. The minimum atomic E-state index is -3.01. The third kappa shape index (κ3) is 3.60. The molecule has 0 unspecified atom stereocenters. The van der Waals surface area contributed by atoms with Crippen molar-refractivity contribution in [2.24, 2.45) is 17.6 Å². The molecule has 0 saturated heterocycles. The van der Waals surface area contributed by atoms with Gasteiger partial charge in [-0.2, -0.15) is 0 Å². The number of hydrogen-bond acceptors (Lipinski definition) is 10. The van der Waals surface area contributed by atoms with E-state index in [0.29, 0.717) is 0 Å². The van der Waals surface area contributed by atoms with Gasteiger partial charge in [-0.3, -0.25) is 24.1 Å². The quantitative estimate of drug-likeness (QED) is 0.214. The number of rotatable bonds is 5. The summed E-state index contributed by atoms with van der Waals surface area (Å²) in [7, 11) is 2.84. The molecule has 1 amide bonds. The van der Waals surface area contributed by atoms with Gasteiger partial charge in [0.05, 0.1) is 29.5 Å². The first-order valence-electron chi connectivity index (χ1n) is 11.6. The Balaban J connectivity index is 2.04. The van der Waals surface area contributed by atoms with Crippen LogP contribution in [0.1, 0.15) is 29.5 Å². The van der Waals surface area contributed by atoms with Crippen molar-refractivity contribution < 1.29 is 44.7 Å². The third-order valence-electron chi connectivity index (χ3n) is 7.82. The molecule has 1 fully saturated rings. The molecule has 38 heavy (non-hydrogen) atoms. The number of halogens is 2. The van der Waals surface area contributed by atoms with E-state index in [2.05, 4.69) is 0 Å². The van der Waals surface area contributed by atoms with Crippen molar-refractivity contribution in [3.05, 3.63) is 44.7 Å². The molecular formula is C25H26Cl2N2O9. The molecule has 0 spiro atoms. The molecule has 3 aliphatic carbocycles. The first kappa shape index (κ1) is 28.1. The third-order valence-corrected chi connectivity index (χ3v) is 8.46. The molecule has 4 rings (SSSR count). The monoisotopic (exact) mass is 568 g/mol. The number of fused-ring (bicyclic) bond motifs is 3. The number of carbonyl (C=O) groups excluding carboxylic acids is 4. The molecule has 7 N–H and O–H groups in total. The number of alkyl halides is 1. The van der Waals surface area contributed by atoms with Gasteiger partial charge in [0.25, 0.3) is 5.91 Å². The molecule has 3 aliphatic rings. The van der Waals surface area contributed by atoms with Crippen LogP contribution in [0.4, 0.5) is 0 Å². The van der Waals surface area contributed by atoms with Crippen LogP contribution >= 0.6 is 23.2 Å². The number of hydrogen-bond donors (Lipinski definition) is 6. The predicted octanol–water partition coefficient (Wildman–Crippen LogP) is 0.500. The number of nitrogens with two attached hydrogens (primary N) is 1. The smallest absolute Gasteiger partial charge is 0.255 e. The largest absolute Gasteiger partial charge is 0.508 e. The summed E-state index contributed by atoms with van der Waals surface area (Å²) in [6.07, 6.45) is -2.09. The van der Waals surface area contributed by atoms with Gasteiger partial charge in [0.2, 0.25) is 5.78 Å². The maximum atomic E-state index is 13.9. The molecule has 1 saturated carbocycles. The van der Waals surface area contributed by atoms with Crippen LogP contribution in [-0.2, 0) is 25.6 Å². The Morgan fingerprint density at radius 2 is 1.79 bits per heavy atom. The summed E-state index contributed by atoms with van der Waals surface area (Å²) >= 11 is 11.9. The van der Waals surface area contributed by atoms with E-state index in [0.717, 1.165) is 0 Å². The van der Waals surface area contributed by atoms with Gasteiger partial charge in [0.1, 0.15) is 22.8 Å². The summed E-state index contributed by atoms with van der Waals surface area (Å²) in [6, 6.07) is -0.0585. The van der Waals surface area contributed by atoms with Crippen molar-refractivity contribution in [3.63, 3.8) is 0 Å². The highest BCUT2D eigenvalue weighted by molar-refractivity contribution is 6.32. The molecule has 6 atom stereocenters. The average Bonchev–Trinajstić information content (AvgIpc) is 2.83. The van der Waals surface area contributed by atoms with Gasteiger partial charge in [-0.05, 0) is 31.6 Å². The fraction of sp³-hybridized carbons (Fsp3) is 0.440. The topological polar surface area (TPSA) is 199 Å². The van der Waals surface area contributed by atoms with Gasteiger partial charge >= 0.3 is 0 Å². The van der Waals surface area contributed by atoms with E-state index < -0.39 is 87.2 Å². The summed E-state index contributed by atoms with van der Waals surface area (Å²) in [5.41, 5.74) is 0.684. The molecule has 0 aromatic heterocycles. The Morgan fingerprint density at radius 3 is 2.32 bits per heavy atom. The van der Waals surface area contributed by atoms with E-state index in [1.807, 2.05) is 0 Å². The van der Waals surface area contributed by atoms with Gasteiger partial charge in [-0.25, -0.2) is 0 Å². The zero-order valence-corrected chi connectivity index (χ0v) is 22.0. The van der Waals surface area contributed by atoms with Gasteiger partial charge in [-0.15, -0.1) is 11.6 Å². The predicted molar refractivity (Wildman–Crippen MR) is 135 cm³/mol. The summed E-state index contributed by atoms with van der Waals surface area (Å²) in [6.45, 7) is 1.58. The Labute approximate surface area is 226 Å². The van der Waals surface area contributed by atoms with Crippen molar-refractivity contribution in [2.45, 2.75) is 37.0 Å². The van der Waals surface area contributed by atoms with Crippen LogP contribution in [0.25, 0.3) is 5.76 Å².